The summed E-state index contributed by atoms with van der Waals surface area (Å²) >= 11 is 9.26. The van der Waals surface area contributed by atoms with E-state index in [0.717, 1.165) is 0 Å². The summed E-state index contributed by atoms with van der Waals surface area (Å²) < 4.78 is 16.3. The Bertz CT molecular complexity index is 1020. The van der Waals surface area contributed by atoms with E-state index in [1.807, 2.05) is 0 Å². The minimum atomic E-state index is -0.696. The van der Waals surface area contributed by atoms with Gasteiger partial charge in [0.2, 0.25) is 5.91 Å². The molecule has 1 heterocycles. The third kappa shape index (κ3) is 5.48. The van der Waals surface area contributed by atoms with Gasteiger partial charge in [0, 0.05) is 29.2 Å². The standard InChI is InChI=1S/C21H20BrClN2O6/c1-29-14-4-6-18(30-2)17(9-14)25-10-12(7-20(25)27)21(28)31-11-19(26)24-13-3-5-15(22)16(23)8-13/h3-6,8-9,12H,7,10-11H2,1-2H3,(H,24,26)/t12-/m1/s1. The second-order valence-corrected chi connectivity index (χ2v) is 7.99. The number of methoxy groups -OCH3 is 2. The molecular formula is C21H20BrClN2O6. The van der Waals surface area contributed by atoms with E-state index in [2.05, 4.69) is 21.2 Å². The molecular weight excluding hydrogens is 492 g/mol. The van der Waals surface area contributed by atoms with E-state index in [1.165, 1.54) is 19.1 Å². The van der Waals surface area contributed by atoms with Gasteiger partial charge in [-0.2, -0.15) is 0 Å². The van der Waals surface area contributed by atoms with Gasteiger partial charge in [0.25, 0.3) is 5.91 Å². The van der Waals surface area contributed by atoms with Crippen LogP contribution in [0.25, 0.3) is 0 Å². The van der Waals surface area contributed by atoms with Crippen molar-refractivity contribution < 1.29 is 28.6 Å². The van der Waals surface area contributed by atoms with Crippen LogP contribution in [0.5, 0.6) is 11.5 Å². The molecule has 1 aliphatic rings. The van der Waals surface area contributed by atoms with Crippen LogP contribution in [0, 0.1) is 5.92 Å². The molecule has 2 amide bonds. The van der Waals surface area contributed by atoms with Crippen molar-refractivity contribution in [1.82, 2.24) is 0 Å². The minimum Gasteiger partial charge on any atom is -0.497 e. The molecule has 0 aromatic heterocycles. The number of carbonyl (C=O) groups excluding carboxylic acids is 3. The number of halogens is 2. The fourth-order valence-corrected chi connectivity index (χ4v) is 3.56. The smallest absolute Gasteiger partial charge is 0.311 e. The average Bonchev–Trinajstić information content (AvgIpc) is 3.15. The lowest BCUT2D eigenvalue weighted by Gasteiger charge is -2.20. The zero-order chi connectivity index (χ0) is 22.5. The maximum Gasteiger partial charge on any atom is 0.311 e. The van der Waals surface area contributed by atoms with Gasteiger partial charge in [-0.3, -0.25) is 14.4 Å². The van der Waals surface area contributed by atoms with Gasteiger partial charge in [0.1, 0.15) is 11.5 Å². The van der Waals surface area contributed by atoms with E-state index in [0.29, 0.717) is 32.4 Å². The van der Waals surface area contributed by atoms with E-state index >= 15 is 0 Å². The number of carbonyl (C=O) groups is 3. The molecule has 1 saturated heterocycles. The van der Waals surface area contributed by atoms with E-state index in [-0.39, 0.29) is 18.9 Å². The number of anilines is 2. The minimum absolute atomic E-state index is 0.0247. The molecule has 8 nitrogen and oxygen atoms in total. The maximum absolute atomic E-state index is 12.5. The average molecular weight is 512 g/mol. The van der Waals surface area contributed by atoms with Crippen LogP contribution in [0.3, 0.4) is 0 Å². The fourth-order valence-electron chi connectivity index (χ4n) is 3.13. The van der Waals surface area contributed by atoms with E-state index in [4.69, 9.17) is 25.8 Å². The van der Waals surface area contributed by atoms with Gasteiger partial charge in [0.15, 0.2) is 6.61 Å². The lowest BCUT2D eigenvalue weighted by Crippen LogP contribution is -2.28. The van der Waals surface area contributed by atoms with Crippen molar-refractivity contribution in [2.75, 3.05) is 37.6 Å². The van der Waals surface area contributed by atoms with Gasteiger partial charge in [0.05, 0.1) is 30.8 Å². The molecule has 0 aliphatic carbocycles. The summed E-state index contributed by atoms with van der Waals surface area (Å²) in [4.78, 5) is 38.5. The van der Waals surface area contributed by atoms with Crippen LogP contribution in [0.2, 0.25) is 5.02 Å². The monoisotopic (exact) mass is 510 g/mol. The Morgan fingerprint density at radius 1 is 1.19 bits per heavy atom. The SMILES string of the molecule is COc1ccc(OC)c(N2C[C@H](C(=O)OCC(=O)Nc3ccc(Br)c(Cl)c3)CC2=O)c1. The van der Waals surface area contributed by atoms with Crippen LogP contribution < -0.4 is 19.7 Å². The molecule has 3 rings (SSSR count). The molecule has 2 aromatic carbocycles. The largest absolute Gasteiger partial charge is 0.497 e. The molecule has 1 aliphatic heterocycles. The summed E-state index contributed by atoms with van der Waals surface area (Å²) in [5, 5.41) is 3.04. The Kier molecular flexibility index (Phi) is 7.40. The van der Waals surface area contributed by atoms with Gasteiger partial charge in [-0.1, -0.05) is 11.6 Å². The first-order chi connectivity index (χ1) is 14.8. The highest BCUT2D eigenvalue weighted by atomic mass is 79.9. The molecule has 0 spiro atoms. The van der Waals surface area contributed by atoms with Crippen LogP contribution in [-0.2, 0) is 19.1 Å². The highest BCUT2D eigenvalue weighted by Gasteiger charge is 2.37. The Morgan fingerprint density at radius 3 is 2.65 bits per heavy atom. The lowest BCUT2D eigenvalue weighted by molar-refractivity contribution is -0.151. The van der Waals surface area contributed by atoms with Crippen LogP contribution in [-0.4, -0.2) is 45.2 Å². The number of nitrogens with zero attached hydrogens (tertiary/aromatic N) is 1. The van der Waals surface area contributed by atoms with Crippen molar-refractivity contribution in [3.05, 3.63) is 45.9 Å². The highest BCUT2D eigenvalue weighted by molar-refractivity contribution is 9.10. The highest BCUT2D eigenvalue weighted by Crippen LogP contribution is 2.36. The van der Waals surface area contributed by atoms with Crippen molar-refractivity contribution in [3.8, 4) is 11.5 Å². The summed E-state index contributed by atoms with van der Waals surface area (Å²) in [6, 6.07) is 9.99. The summed E-state index contributed by atoms with van der Waals surface area (Å²) in [7, 11) is 3.01. The molecule has 2 aromatic rings. The molecule has 0 saturated carbocycles. The third-order valence-corrected chi connectivity index (χ3v) is 5.92. The Labute approximate surface area is 192 Å². The zero-order valence-electron chi connectivity index (χ0n) is 16.8. The first-order valence-corrected chi connectivity index (χ1v) is 10.4. The zero-order valence-corrected chi connectivity index (χ0v) is 19.2. The first kappa shape index (κ1) is 22.9. The molecule has 1 N–H and O–H groups in total. The summed E-state index contributed by atoms with van der Waals surface area (Å²) in [5.41, 5.74) is 0.980. The predicted molar refractivity (Wildman–Crippen MR) is 119 cm³/mol. The predicted octanol–water partition coefficient (Wildman–Crippen LogP) is 3.65. The number of hydrogen-bond acceptors (Lipinski definition) is 6. The van der Waals surface area contributed by atoms with Crippen molar-refractivity contribution in [2.45, 2.75) is 6.42 Å². The number of esters is 1. The summed E-state index contributed by atoms with van der Waals surface area (Å²) in [6.45, 7) is -0.356. The molecule has 1 atom stereocenters. The second-order valence-electron chi connectivity index (χ2n) is 6.73. The fraction of sp³-hybridized carbons (Fsp3) is 0.286. The Hall–Kier alpha value is -2.78. The van der Waals surface area contributed by atoms with Gasteiger partial charge >= 0.3 is 5.97 Å². The van der Waals surface area contributed by atoms with Gasteiger partial charge < -0.3 is 24.4 Å². The van der Waals surface area contributed by atoms with Crippen molar-refractivity contribution >= 4 is 56.7 Å². The number of nitrogens with one attached hydrogen (secondary N) is 1. The van der Waals surface area contributed by atoms with Crippen LogP contribution >= 0.6 is 27.5 Å². The van der Waals surface area contributed by atoms with Gasteiger partial charge in [-0.25, -0.2) is 0 Å². The molecule has 0 bridgehead atoms. The van der Waals surface area contributed by atoms with Crippen molar-refractivity contribution in [1.29, 1.82) is 0 Å². The lowest BCUT2D eigenvalue weighted by atomic mass is 10.1. The Balaban J connectivity index is 1.59. The Morgan fingerprint density at radius 2 is 1.97 bits per heavy atom. The second kappa shape index (κ2) is 10.0. The normalized spacial score (nSPS) is 15.5. The summed E-state index contributed by atoms with van der Waals surface area (Å²) in [5.74, 6) is -1.04. The van der Waals surface area contributed by atoms with E-state index < -0.39 is 24.4 Å². The summed E-state index contributed by atoms with van der Waals surface area (Å²) in [6.07, 6.45) is -0.0247. The number of ether oxygens (including phenoxy) is 3. The molecule has 31 heavy (non-hydrogen) atoms. The molecule has 0 unspecified atom stereocenters. The molecule has 1 fully saturated rings. The van der Waals surface area contributed by atoms with Crippen molar-refractivity contribution in [2.24, 2.45) is 5.92 Å². The third-order valence-electron chi connectivity index (χ3n) is 4.68. The van der Waals surface area contributed by atoms with Gasteiger partial charge in [-0.15, -0.1) is 0 Å². The quantitative estimate of drug-likeness (QED) is 0.570. The van der Waals surface area contributed by atoms with Crippen molar-refractivity contribution in [3.63, 3.8) is 0 Å². The van der Waals surface area contributed by atoms with Gasteiger partial charge in [-0.05, 0) is 46.3 Å². The van der Waals surface area contributed by atoms with Crippen LogP contribution in [0.4, 0.5) is 11.4 Å². The van der Waals surface area contributed by atoms with E-state index in [9.17, 15) is 14.4 Å². The van der Waals surface area contributed by atoms with Crippen LogP contribution in [0.15, 0.2) is 40.9 Å². The topological polar surface area (TPSA) is 94.2 Å². The number of hydrogen-bond donors (Lipinski definition) is 1. The number of amides is 2. The molecule has 0 radical (unpaired) electrons. The number of benzene rings is 2. The molecule has 10 heteroatoms. The maximum atomic E-state index is 12.5. The van der Waals surface area contributed by atoms with E-state index in [1.54, 1.807) is 36.4 Å². The van der Waals surface area contributed by atoms with Crippen LogP contribution in [0.1, 0.15) is 6.42 Å². The number of rotatable bonds is 7. The molecule has 164 valence electrons. The first-order valence-electron chi connectivity index (χ1n) is 9.26.